The van der Waals surface area contributed by atoms with Crippen molar-refractivity contribution in [2.75, 3.05) is 6.61 Å². The summed E-state index contributed by atoms with van der Waals surface area (Å²) in [5.41, 5.74) is 0.793. The number of hydrogen-bond donors (Lipinski definition) is 1. The Balaban J connectivity index is 2.58. The Morgan fingerprint density at radius 3 is 2.94 bits per heavy atom. The van der Waals surface area contributed by atoms with Crippen molar-refractivity contribution in [3.05, 3.63) is 48.6 Å². The van der Waals surface area contributed by atoms with Gasteiger partial charge in [-0.3, -0.25) is 0 Å². The minimum Gasteiger partial charge on any atom is -0.478 e. The summed E-state index contributed by atoms with van der Waals surface area (Å²) in [5.74, 6) is -0.701. The number of hydrogen-bond acceptors (Lipinski definition) is 3. The molecule has 0 radical (unpaired) electrons. The maximum Gasteiger partial charge on any atom is 0.336 e. The third kappa shape index (κ3) is 2.25. The molecule has 2 rings (SSSR count). The molecular formula is C13H11NO3. The molecule has 2 aromatic rings. The van der Waals surface area contributed by atoms with Gasteiger partial charge in [0.2, 0.25) is 5.88 Å². The monoisotopic (exact) mass is 229 g/mol. The molecule has 4 heteroatoms. The Bertz CT molecular complexity index is 578. The first kappa shape index (κ1) is 11.1. The second-order valence-electron chi connectivity index (χ2n) is 3.43. The number of carboxylic acid groups (broad SMARTS) is 1. The van der Waals surface area contributed by atoms with Gasteiger partial charge in [-0.25, -0.2) is 9.78 Å². The van der Waals surface area contributed by atoms with Gasteiger partial charge in [-0.05, 0) is 6.07 Å². The Morgan fingerprint density at radius 2 is 2.24 bits per heavy atom. The van der Waals surface area contributed by atoms with E-state index in [1.54, 1.807) is 30.3 Å². The molecule has 1 aromatic heterocycles. The second-order valence-corrected chi connectivity index (χ2v) is 3.43. The normalized spacial score (nSPS) is 10.1. The summed E-state index contributed by atoms with van der Waals surface area (Å²) in [7, 11) is 0. The van der Waals surface area contributed by atoms with Crippen LogP contribution in [0.3, 0.4) is 0 Å². The van der Waals surface area contributed by atoms with Crippen LogP contribution < -0.4 is 4.74 Å². The standard InChI is InChI=1S/C13H11NO3/c1-2-7-17-12-8-10(13(15)16)9-5-3-4-6-11(9)14-12/h2-6,8H,1,7H2,(H,15,16). The van der Waals surface area contributed by atoms with Crippen molar-refractivity contribution in [2.45, 2.75) is 0 Å². The van der Waals surface area contributed by atoms with Gasteiger partial charge >= 0.3 is 5.97 Å². The molecular weight excluding hydrogens is 218 g/mol. The summed E-state index contributed by atoms with van der Waals surface area (Å²) in [6.45, 7) is 3.82. The lowest BCUT2D eigenvalue weighted by Gasteiger charge is -2.06. The molecule has 0 aliphatic carbocycles. The Kier molecular flexibility index (Phi) is 3.05. The summed E-state index contributed by atoms with van der Waals surface area (Å²) >= 11 is 0. The predicted molar refractivity (Wildman–Crippen MR) is 64.4 cm³/mol. The number of para-hydroxylation sites is 1. The first-order valence-corrected chi connectivity index (χ1v) is 5.09. The zero-order valence-corrected chi connectivity index (χ0v) is 9.09. The van der Waals surface area contributed by atoms with Crippen LogP contribution in [0.4, 0.5) is 0 Å². The quantitative estimate of drug-likeness (QED) is 0.818. The van der Waals surface area contributed by atoms with E-state index in [0.29, 0.717) is 23.4 Å². The number of pyridine rings is 1. The molecule has 4 nitrogen and oxygen atoms in total. The molecule has 0 atom stereocenters. The summed E-state index contributed by atoms with van der Waals surface area (Å²) in [5, 5.41) is 9.73. The van der Waals surface area contributed by atoms with Crippen molar-refractivity contribution < 1.29 is 14.6 Å². The SMILES string of the molecule is C=CCOc1cc(C(=O)O)c2ccccc2n1. The van der Waals surface area contributed by atoms with Crippen LogP contribution in [0.1, 0.15) is 10.4 Å². The highest BCUT2D eigenvalue weighted by molar-refractivity contribution is 6.02. The van der Waals surface area contributed by atoms with E-state index in [4.69, 9.17) is 9.84 Å². The van der Waals surface area contributed by atoms with Crippen LogP contribution in [0.15, 0.2) is 43.0 Å². The molecule has 86 valence electrons. The Labute approximate surface area is 98.2 Å². The van der Waals surface area contributed by atoms with Gasteiger partial charge in [-0.15, -0.1) is 0 Å². The van der Waals surface area contributed by atoms with Crippen molar-refractivity contribution in [3.63, 3.8) is 0 Å². The van der Waals surface area contributed by atoms with E-state index in [0.717, 1.165) is 0 Å². The molecule has 1 aromatic carbocycles. The number of nitrogens with zero attached hydrogens (tertiary/aromatic N) is 1. The number of aromatic nitrogens is 1. The maximum absolute atomic E-state index is 11.1. The Morgan fingerprint density at radius 1 is 1.47 bits per heavy atom. The van der Waals surface area contributed by atoms with Crippen LogP contribution in [0, 0.1) is 0 Å². The lowest BCUT2D eigenvalue weighted by Crippen LogP contribution is -2.02. The lowest BCUT2D eigenvalue weighted by molar-refractivity contribution is 0.0698. The van der Waals surface area contributed by atoms with Gasteiger partial charge < -0.3 is 9.84 Å². The van der Waals surface area contributed by atoms with E-state index in [9.17, 15) is 4.79 Å². The summed E-state index contributed by atoms with van der Waals surface area (Å²) in [6, 6.07) is 8.48. The Hall–Kier alpha value is -2.36. The minimum absolute atomic E-state index is 0.190. The van der Waals surface area contributed by atoms with Gasteiger partial charge in [0.1, 0.15) is 6.61 Å². The number of rotatable bonds is 4. The third-order valence-corrected chi connectivity index (χ3v) is 2.27. The molecule has 1 N–H and O–H groups in total. The predicted octanol–water partition coefficient (Wildman–Crippen LogP) is 2.50. The minimum atomic E-state index is -0.993. The number of carboxylic acids is 1. The molecule has 0 spiro atoms. The average Bonchev–Trinajstić information content (AvgIpc) is 2.35. The van der Waals surface area contributed by atoms with Gasteiger partial charge in [0.15, 0.2) is 0 Å². The van der Waals surface area contributed by atoms with Crippen molar-refractivity contribution in [1.82, 2.24) is 4.98 Å². The molecule has 0 amide bonds. The van der Waals surface area contributed by atoms with E-state index in [1.165, 1.54) is 6.07 Å². The van der Waals surface area contributed by atoms with Gasteiger partial charge in [-0.2, -0.15) is 0 Å². The molecule has 0 bridgehead atoms. The average molecular weight is 229 g/mol. The molecule has 1 heterocycles. The van der Waals surface area contributed by atoms with Crippen LogP contribution in [-0.4, -0.2) is 22.7 Å². The summed E-state index contributed by atoms with van der Waals surface area (Å²) in [4.78, 5) is 15.4. The van der Waals surface area contributed by atoms with Crippen LogP contribution in [0.5, 0.6) is 5.88 Å². The highest BCUT2D eigenvalue weighted by Crippen LogP contribution is 2.21. The van der Waals surface area contributed by atoms with Crippen LogP contribution in [-0.2, 0) is 0 Å². The van der Waals surface area contributed by atoms with Crippen LogP contribution in [0.2, 0.25) is 0 Å². The number of carbonyl (C=O) groups is 1. The fourth-order valence-electron chi connectivity index (χ4n) is 1.55. The van der Waals surface area contributed by atoms with Gasteiger partial charge in [0.05, 0.1) is 11.1 Å². The van der Waals surface area contributed by atoms with Gasteiger partial charge in [0, 0.05) is 11.5 Å². The van der Waals surface area contributed by atoms with Crippen molar-refractivity contribution in [2.24, 2.45) is 0 Å². The van der Waals surface area contributed by atoms with Crippen molar-refractivity contribution >= 4 is 16.9 Å². The number of benzene rings is 1. The topological polar surface area (TPSA) is 59.4 Å². The van der Waals surface area contributed by atoms with E-state index >= 15 is 0 Å². The highest BCUT2D eigenvalue weighted by atomic mass is 16.5. The van der Waals surface area contributed by atoms with E-state index in [2.05, 4.69) is 11.6 Å². The molecule has 0 saturated heterocycles. The third-order valence-electron chi connectivity index (χ3n) is 2.27. The first-order valence-electron chi connectivity index (χ1n) is 5.09. The zero-order chi connectivity index (χ0) is 12.3. The van der Waals surface area contributed by atoms with Crippen LogP contribution in [0.25, 0.3) is 10.9 Å². The fourth-order valence-corrected chi connectivity index (χ4v) is 1.55. The smallest absolute Gasteiger partial charge is 0.336 e. The highest BCUT2D eigenvalue weighted by Gasteiger charge is 2.11. The van der Waals surface area contributed by atoms with Gasteiger partial charge in [0.25, 0.3) is 0 Å². The summed E-state index contributed by atoms with van der Waals surface area (Å²) in [6.07, 6.45) is 1.58. The van der Waals surface area contributed by atoms with Crippen molar-refractivity contribution in [1.29, 1.82) is 0 Å². The van der Waals surface area contributed by atoms with E-state index in [1.807, 2.05) is 0 Å². The van der Waals surface area contributed by atoms with E-state index < -0.39 is 5.97 Å². The zero-order valence-electron chi connectivity index (χ0n) is 9.09. The number of fused-ring (bicyclic) bond motifs is 1. The molecule has 0 saturated carbocycles. The molecule has 0 fully saturated rings. The van der Waals surface area contributed by atoms with Gasteiger partial charge in [-0.1, -0.05) is 30.9 Å². The van der Waals surface area contributed by atoms with E-state index in [-0.39, 0.29) is 5.56 Å². The largest absolute Gasteiger partial charge is 0.478 e. The molecule has 0 aliphatic rings. The first-order chi connectivity index (χ1) is 8.22. The molecule has 17 heavy (non-hydrogen) atoms. The van der Waals surface area contributed by atoms with Crippen molar-refractivity contribution in [3.8, 4) is 5.88 Å². The summed E-state index contributed by atoms with van der Waals surface area (Å²) < 4.78 is 5.26. The number of aromatic carboxylic acids is 1. The number of ether oxygens (including phenoxy) is 1. The molecule has 0 aliphatic heterocycles. The maximum atomic E-state index is 11.1. The molecule has 0 unspecified atom stereocenters. The lowest BCUT2D eigenvalue weighted by atomic mass is 10.1. The van der Waals surface area contributed by atoms with Crippen LogP contribution >= 0.6 is 0 Å². The fraction of sp³-hybridized carbons (Fsp3) is 0.0769. The second kappa shape index (κ2) is 4.65.